The van der Waals surface area contributed by atoms with Gasteiger partial charge in [-0.1, -0.05) is 0 Å². The van der Waals surface area contributed by atoms with E-state index in [1.54, 1.807) is 12.1 Å². The van der Waals surface area contributed by atoms with Gasteiger partial charge in [-0.25, -0.2) is 0 Å². The molecule has 1 rings (SSSR count). The van der Waals surface area contributed by atoms with Crippen LogP contribution in [0.3, 0.4) is 0 Å². The Labute approximate surface area is 90.3 Å². The summed E-state index contributed by atoms with van der Waals surface area (Å²) in [6.45, 7) is 6.24. The number of aromatic hydroxyl groups is 1. The summed E-state index contributed by atoms with van der Waals surface area (Å²) in [7, 11) is 0. The van der Waals surface area contributed by atoms with Crippen molar-refractivity contribution >= 4 is 0 Å². The van der Waals surface area contributed by atoms with E-state index in [0.29, 0.717) is 6.54 Å². The van der Waals surface area contributed by atoms with Gasteiger partial charge in [0.1, 0.15) is 5.75 Å². The monoisotopic (exact) mass is 210 g/mol. The first-order valence-electron chi connectivity index (χ1n) is 5.18. The molecule has 0 bridgehead atoms. The number of pyridine rings is 1. The Hall–Kier alpha value is -1.13. The van der Waals surface area contributed by atoms with Crippen molar-refractivity contribution in [2.24, 2.45) is 0 Å². The zero-order valence-corrected chi connectivity index (χ0v) is 9.23. The summed E-state index contributed by atoms with van der Waals surface area (Å²) >= 11 is 0. The van der Waals surface area contributed by atoms with E-state index < -0.39 is 0 Å². The van der Waals surface area contributed by atoms with E-state index in [-0.39, 0.29) is 11.9 Å². The highest BCUT2D eigenvalue weighted by atomic mass is 16.5. The highest BCUT2D eigenvalue weighted by Crippen LogP contribution is 2.05. The molecule has 0 saturated carbocycles. The number of nitrogens with zero attached hydrogens (tertiary/aromatic N) is 1. The Kier molecular flexibility index (Phi) is 5.07. The van der Waals surface area contributed by atoms with Gasteiger partial charge in [-0.2, -0.15) is 0 Å². The summed E-state index contributed by atoms with van der Waals surface area (Å²) in [4.78, 5) is 4.07. The molecule has 1 atom stereocenters. The predicted octanol–water partition coefficient (Wildman–Crippen LogP) is 1.30. The second-order valence-corrected chi connectivity index (χ2v) is 3.40. The minimum absolute atomic E-state index is 0.196. The molecule has 84 valence electrons. The maximum Gasteiger partial charge on any atom is 0.133 e. The van der Waals surface area contributed by atoms with Gasteiger partial charge in [0.25, 0.3) is 0 Å². The first-order valence-corrected chi connectivity index (χ1v) is 5.18. The number of aromatic nitrogens is 1. The van der Waals surface area contributed by atoms with E-state index in [1.165, 1.54) is 6.20 Å². The normalized spacial score (nSPS) is 12.7. The fraction of sp³-hybridized carbons (Fsp3) is 0.545. The fourth-order valence-electron chi connectivity index (χ4n) is 1.27. The van der Waals surface area contributed by atoms with E-state index in [2.05, 4.69) is 10.3 Å². The maximum atomic E-state index is 9.04. The summed E-state index contributed by atoms with van der Waals surface area (Å²) in [5.74, 6) is 0.196. The highest BCUT2D eigenvalue weighted by molar-refractivity contribution is 5.17. The third-order valence-corrected chi connectivity index (χ3v) is 2.00. The number of hydrogen-bond donors (Lipinski definition) is 2. The quantitative estimate of drug-likeness (QED) is 0.743. The Morgan fingerprint density at radius 3 is 2.93 bits per heavy atom. The van der Waals surface area contributed by atoms with E-state index in [1.807, 2.05) is 13.8 Å². The van der Waals surface area contributed by atoms with Crippen LogP contribution in [-0.4, -0.2) is 29.3 Å². The van der Waals surface area contributed by atoms with Crippen molar-refractivity contribution in [1.82, 2.24) is 10.3 Å². The molecular weight excluding hydrogens is 192 g/mol. The summed E-state index contributed by atoms with van der Waals surface area (Å²) in [6, 6.07) is 3.43. The molecule has 0 radical (unpaired) electrons. The van der Waals surface area contributed by atoms with Crippen LogP contribution >= 0.6 is 0 Å². The van der Waals surface area contributed by atoms with Gasteiger partial charge in [-0.3, -0.25) is 4.98 Å². The number of nitrogens with one attached hydrogen (secondary N) is 1. The molecule has 4 heteroatoms. The van der Waals surface area contributed by atoms with Crippen molar-refractivity contribution in [3.8, 4) is 5.75 Å². The average molecular weight is 210 g/mol. The zero-order valence-electron chi connectivity index (χ0n) is 9.23. The molecule has 1 aromatic rings. The Balaban J connectivity index is 2.22. The average Bonchev–Trinajstić information content (AvgIpc) is 2.21. The zero-order chi connectivity index (χ0) is 11.1. The van der Waals surface area contributed by atoms with Crippen LogP contribution in [0.5, 0.6) is 5.75 Å². The molecule has 0 aliphatic rings. The third kappa shape index (κ3) is 4.76. The first kappa shape index (κ1) is 11.9. The SMILES string of the molecule is CCOC(C)CNCc1ccc(O)cn1. The van der Waals surface area contributed by atoms with Crippen LogP contribution in [0.25, 0.3) is 0 Å². The van der Waals surface area contributed by atoms with E-state index in [4.69, 9.17) is 9.84 Å². The smallest absolute Gasteiger partial charge is 0.133 e. The van der Waals surface area contributed by atoms with Gasteiger partial charge in [0.05, 0.1) is 18.0 Å². The number of hydrogen-bond acceptors (Lipinski definition) is 4. The molecule has 1 unspecified atom stereocenters. The largest absolute Gasteiger partial charge is 0.506 e. The maximum absolute atomic E-state index is 9.04. The summed E-state index contributed by atoms with van der Waals surface area (Å²) in [6.07, 6.45) is 1.66. The van der Waals surface area contributed by atoms with Gasteiger partial charge in [-0.05, 0) is 26.0 Å². The molecule has 0 aliphatic carbocycles. The predicted molar refractivity (Wildman–Crippen MR) is 58.7 cm³/mol. The van der Waals surface area contributed by atoms with E-state index in [0.717, 1.165) is 18.8 Å². The number of ether oxygens (including phenoxy) is 1. The molecule has 0 aromatic carbocycles. The summed E-state index contributed by atoms with van der Waals surface area (Å²) in [5, 5.41) is 12.3. The molecule has 0 fully saturated rings. The molecule has 1 heterocycles. The van der Waals surface area contributed by atoms with Crippen molar-refractivity contribution in [2.45, 2.75) is 26.5 Å². The van der Waals surface area contributed by atoms with Gasteiger partial charge in [0.2, 0.25) is 0 Å². The topological polar surface area (TPSA) is 54.4 Å². The van der Waals surface area contributed by atoms with Crippen molar-refractivity contribution in [2.75, 3.05) is 13.2 Å². The van der Waals surface area contributed by atoms with Crippen LogP contribution in [0.2, 0.25) is 0 Å². The van der Waals surface area contributed by atoms with Crippen molar-refractivity contribution in [3.05, 3.63) is 24.0 Å². The lowest BCUT2D eigenvalue weighted by molar-refractivity contribution is 0.0759. The van der Waals surface area contributed by atoms with Crippen LogP contribution in [0.1, 0.15) is 19.5 Å². The minimum Gasteiger partial charge on any atom is -0.506 e. The van der Waals surface area contributed by atoms with Gasteiger partial charge >= 0.3 is 0 Å². The molecule has 15 heavy (non-hydrogen) atoms. The number of rotatable bonds is 6. The lowest BCUT2D eigenvalue weighted by atomic mass is 10.3. The highest BCUT2D eigenvalue weighted by Gasteiger charge is 2.00. The van der Waals surface area contributed by atoms with E-state index >= 15 is 0 Å². The first-order chi connectivity index (χ1) is 7.22. The van der Waals surface area contributed by atoms with Crippen LogP contribution in [-0.2, 0) is 11.3 Å². The van der Waals surface area contributed by atoms with Crippen molar-refractivity contribution < 1.29 is 9.84 Å². The molecule has 1 aromatic heterocycles. The van der Waals surface area contributed by atoms with E-state index in [9.17, 15) is 0 Å². The molecule has 0 aliphatic heterocycles. The molecule has 4 nitrogen and oxygen atoms in total. The lowest BCUT2D eigenvalue weighted by Gasteiger charge is -2.12. The van der Waals surface area contributed by atoms with Crippen molar-refractivity contribution in [1.29, 1.82) is 0 Å². The third-order valence-electron chi connectivity index (χ3n) is 2.00. The van der Waals surface area contributed by atoms with Gasteiger partial charge in [-0.15, -0.1) is 0 Å². The molecule has 0 spiro atoms. The van der Waals surface area contributed by atoms with Gasteiger partial charge in [0, 0.05) is 19.7 Å². The standard InChI is InChI=1S/C11H18N2O2/c1-3-15-9(2)6-12-7-10-4-5-11(14)8-13-10/h4-5,8-9,12,14H,3,6-7H2,1-2H3. The Morgan fingerprint density at radius 2 is 2.33 bits per heavy atom. The van der Waals surface area contributed by atoms with Crippen molar-refractivity contribution in [3.63, 3.8) is 0 Å². The molecule has 2 N–H and O–H groups in total. The second kappa shape index (κ2) is 6.37. The minimum atomic E-state index is 0.196. The van der Waals surface area contributed by atoms with Crippen LogP contribution in [0.15, 0.2) is 18.3 Å². The molecule has 0 saturated heterocycles. The summed E-state index contributed by atoms with van der Waals surface area (Å²) < 4.78 is 5.38. The second-order valence-electron chi connectivity index (χ2n) is 3.40. The molecular formula is C11H18N2O2. The van der Waals surface area contributed by atoms with Crippen LogP contribution in [0, 0.1) is 0 Å². The van der Waals surface area contributed by atoms with Crippen LogP contribution in [0.4, 0.5) is 0 Å². The Morgan fingerprint density at radius 1 is 1.53 bits per heavy atom. The molecule has 0 amide bonds. The lowest BCUT2D eigenvalue weighted by Crippen LogP contribution is -2.26. The summed E-state index contributed by atoms with van der Waals surface area (Å²) in [5.41, 5.74) is 0.913. The fourth-order valence-corrected chi connectivity index (χ4v) is 1.27. The Bertz CT molecular complexity index is 274. The van der Waals surface area contributed by atoms with Crippen LogP contribution < -0.4 is 5.32 Å². The van der Waals surface area contributed by atoms with Gasteiger partial charge in [0.15, 0.2) is 0 Å². The van der Waals surface area contributed by atoms with Gasteiger partial charge < -0.3 is 15.2 Å².